The van der Waals surface area contributed by atoms with Crippen LogP contribution in [0.4, 0.5) is 0 Å². The molecule has 3 rings (SSSR count). The van der Waals surface area contributed by atoms with E-state index in [2.05, 4.69) is 43.0 Å². The van der Waals surface area contributed by atoms with Crippen LogP contribution in [-0.2, 0) is 0 Å². The van der Waals surface area contributed by atoms with E-state index in [-0.39, 0.29) is 6.04 Å². The standard InChI is InChI=1S/C13H17NS/c1-9(14)12-10-5-2-3-6-11(10)15-13(12)7-4-8-13/h2-3,5-6,9,12H,4,7-8,14H2,1H3. The Morgan fingerprint density at radius 2 is 2.13 bits per heavy atom. The first kappa shape index (κ1) is 9.73. The van der Waals surface area contributed by atoms with Gasteiger partial charge < -0.3 is 5.73 Å². The van der Waals surface area contributed by atoms with Gasteiger partial charge in [0.1, 0.15) is 0 Å². The zero-order valence-electron chi connectivity index (χ0n) is 9.07. The van der Waals surface area contributed by atoms with Crippen molar-refractivity contribution >= 4 is 11.8 Å². The zero-order chi connectivity index (χ0) is 10.5. The largest absolute Gasteiger partial charge is 0.327 e. The van der Waals surface area contributed by atoms with Crippen molar-refractivity contribution in [2.75, 3.05) is 0 Å². The maximum absolute atomic E-state index is 6.18. The fourth-order valence-electron chi connectivity index (χ4n) is 3.10. The predicted molar refractivity (Wildman–Crippen MR) is 65.3 cm³/mol. The van der Waals surface area contributed by atoms with E-state index in [0.29, 0.717) is 10.7 Å². The fourth-order valence-corrected chi connectivity index (χ4v) is 4.96. The number of thioether (sulfide) groups is 1. The monoisotopic (exact) mass is 219 g/mol. The summed E-state index contributed by atoms with van der Waals surface area (Å²) in [4.78, 5) is 1.47. The lowest BCUT2D eigenvalue weighted by molar-refractivity contribution is 0.290. The number of fused-ring (bicyclic) bond motifs is 1. The van der Waals surface area contributed by atoms with Crippen LogP contribution in [0.2, 0.25) is 0 Å². The van der Waals surface area contributed by atoms with Crippen molar-refractivity contribution < 1.29 is 0 Å². The molecule has 1 nitrogen and oxygen atoms in total. The lowest BCUT2D eigenvalue weighted by atomic mass is 9.70. The third-order valence-electron chi connectivity index (χ3n) is 3.86. The van der Waals surface area contributed by atoms with Gasteiger partial charge in [-0.2, -0.15) is 0 Å². The summed E-state index contributed by atoms with van der Waals surface area (Å²) in [5, 5.41) is 0. The summed E-state index contributed by atoms with van der Waals surface area (Å²) in [7, 11) is 0. The molecule has 0 radical (unpaired) electrons. The molecule has 2 heteroatoms. The van der Waals surface area contributed by atoms with Crippen molar-refractivity contribution in [2.45, 2.75) is 47.8 Å². The van der Waals surface area contributed by atoms with Crippen LogP contribution in [0.5, 0.6) is 0 Å². The number of hydrogen-bond acceptors (Lipinski definition) is 2. The number of hydrogen-bond donors (Lipinski definition) is 1. The van der Waals surface area contributed by atoms with Crippen LogP contribution in [0, 0.1) is 0 Å². The summed E-state index contributed by atoms with van der Waals surface area (Å²) in [6.07, 6.45) is 4.07. The van der Waals surface area contributed by atoms with Crippen molar-refractivity contribution in [3.05, 3.63) is 29.8 Å². The first-order valence-corrected chi connectivity index (χ1v) is 6.58. The van der Waals surface area contributed by atoms with E-state index >= 15 is 0 Å². The minimum atomic E-state index is 0.279. The Bertz CT molecular complexity index is 382. The predicted octanol–water partition coefficient (Wildman–Crippen LogP) is 3.15. The second kappa shape index (κ2) is 3.26. The highest BCUT2D eigenvalue weighted by Crippen LogP contribution is 2.62. The molecule has 0 saturated heterocycles. The molecule has 2 atom stereocenters. The van der Waals surface area contributed by atoms with E-state index in [9.17, 15) is 0 Å². The highest BCUT2D eigenvalue weighted by molar-refractivity contribution is 8.01. The molecule has 2 N–H and O–H groups in total. The molecule has 0 aromatic heterocycles. The summed E-state index contributed by atoms with van der Waals surface area (Å²) in [5.41, 5.74) is 7.68. The van der Waals surface area contributed by atoms with Gasteiger partial charge in [0.25, 0.3) is 0 Å². The minimum absolute atomic E-state index is 0.279. The maximum atomic E-state index is 6.18. The SMILES string of the molecule is CC(N)C1c2ccccc2SC12CCC2. The first-order chi connectivity index (χ1) is 7.23. The van der Waals surface area contributed by atoms with Gasteiger partial charge in [-0.05, 0) is 31.4 Å². The molecule has 0 bridgehead atoms. The molecule has 1 heterocycles. The van der Waals surface area contributed by atoms with Crippen LogP contribution >= 0.6 is 11.8 Å². The molecule has 15 heavy (non-hydrogen) atoms. The number of rotatable bonds is 1. The number of benzene rings is 1. The van der Waals surface area contributed by atoms with Crippen LogP contribution in [0.25, 0.3) is 0 Å². The van der Waals surface area contributed by atoms with E-state index in [4.69, 9.17) is 5.73 Å². The summed E-state index contributed by atoms with van der Waals surface area (Å²) < 4.78 is 0.456. The molecule has 1 aromatic carbocycles. The molecule has 1 fully saturated rings. The Kier molecular flexibility index (Phi) is 2.12. The molecule has 1 saturated carbocycles. The highest BCUT2D eigenvalue weighted by atomic mass is 32.2. The van der Waals surface area contributed by atoms with E-state index in [1.807, 2.05) is 0 Å². The Labute approximate surface area is 95.4 Å². The van der Waals surface area contributed by atoms with Crippen molar-refractivity contribution in [3.8, 4) is 0 Å². The molecule has 2 unspecified atom stereocenters. The third kappa shape index (κ3) is 1.28. The van der Waals surface area contributed by atoms with Crippen molar-refractivity contribution in [1.29, 1.82) is 0 Å². The lowest BCUT2D eigenvalue weighted by Gasteiger charge is -2.44. The zero-order valence-corrected chi connectivity index (χ0v) is 9.89. The third-order valence-corrected chi connectivity index (χ3v) is 5.52. The molecule has 80 valence electrons. The molecule has 1 aliphatic heterocycles. The van der Waals surface area contributed by atoms with E-state index in [0.717, 1.165) is 0 Å². The van der Waals surface area contributed by atoms with E-state index in [1.165, 1.54) is 29.7 Å². The van der Waals surface area contributed by atoms with Gasteiger partial charge >= 0.3 is 0 Å². The van der Waals surface area contributed by atoms with Gasteiger partial charge in [-0.3, -0.25) is 0 Å². The normalized spacial score (nSPS) is 28.5. The van der Waals surface area contributed by atoms with Crippen LogP contribution < -0.4 is 5.73 Å². The fraction of sp³-hybridized carbons (Fsp3) is 0.538. The van der Waals surface area contributed by atoms with Crippen molar-refractivity contribution in [2.24, 2.45) is 5.73 Å². The molecule has 1 aliphatic carbocycles. The van der Waals surface area contributed by atoms with Crippen molar-refractivity contribution in [3.63, 3.8) is 0 Å². The second-order valence-corrected chi connectivity index (χ2v) is 6.35. The first-order valence-electron chi connectivity index (χ1n) is 5.76. The Hall–Kier alpha value is -0.470. The van der Waals surface area contributed by atoms with Crippen molar-refractivity contribution in [1.82, 2.24) is 0 Å². The topological polar surface area (TPSA) is 26.0 Å². The smallest absolute Gasteiger partial charge is 0.0291 e. The van der Waals surface area contributed by atoms with Gasteiger partial charge in [-0.15, -0.1) is 11.8 Å². The molecule has 2 aliphatic rings. The van der Waals surface area contributed by atoms with Gasteiger partial charge in [-0.25, -0.2) is 0 Å². The van der Waals surface area contributed by atoms with Crippen LogP contribution in [0.15, 0.2) is 29.2 Å². The van der Waals surface area contributed by atoms with Gasteiger partial charge in [0.15, 0.2) is 0 Å². The van der Waals surface area contributed by atoms with Gasteiger partial charge in [-0.1, -0.05) is 24.6 Å². The summed E-state index contributed by atoms with van der Waals surface area (Å²) >= 11 is 2.08. The van der Waals surface area contributed by atoms with Gasteiger partial charge in [0.05, 0.1) is 0 Å². The van der Waals surface area contributed by atoms with Crippen LogP contribution in [0.1, 0.15) is 37.7 Å². The molecular formula is C13H17NS. The Morgan fingerprint density at radius 3 is 2.73 bits per heavy atom. The van der Waals surface area contributed by atoms with Crippen LogP contribution in [0.3, 0.4) is 0 Å². The van der Waals surface area contributed by atoms with Gasteiger partial charge in [0.2, 0.25) is 0 Å². The molecular weight excluding hydrogens is 202 g/mol. The second-order valence-electron chi connectivity index (χ2n) is 4.90. The highest BCUT2D eigenvalue weighted by Gasteiger charge is 2.51. The molecule has 1 spiro atoms. The van der Waals surface area contributed by atoms with E-state index in [1.54, 1.807) is 0 Å². The summed E-state index contributed by atoms with van der Waals surface area (Å²) in [6.45, 7) is 2.16. The average molecular weight is 219 g/mol. The van der Waals surface area contributed by atoms with Gasteiger partial charge in [0, 0.05) is 21.6 Å². The Morgan fingerprint density at radius 1 is 1.40 bits per heavy atom. The molecule has 1 aromatic rings. The maximum Gasteiger partial charge on any atom is 0.0291 e. The Balaban J connectivity index is 2.06. The summed E-state index contributed by atoms with van der Waals surface area (Å²) in [6, 6.07) is 9.08. The minimum Gasteiger partial charge on any atom is -0.327 e. The number of nitrogens with two attached hydrogens (primary N) is 1. The lowest BCUT2D eigenvalue weighted by Crippen LogP contribution is -2.44. The average Bonchev–Trinajstić information content (AvgIpc) is 2.51. The summed E-state index contributed by atoms with van der Waals surface area (Å²) in [5.74, 6) is 0.576. The molecule has 0 amide bonds. The van der Waals surface area contributed by atoms with E-state index < -0.39 is 0 Å². The van der Waals surface area contributed by atoms with Crippen LogP contribution in [-0.4, -0.2) is 10.8 Å². The quantitative estimate of drug-likeness (QED) is 0.785.